The zero-order chi connectivity index (χ0) is 10.9. The van der Waals surface area contributed by atoms with Crippen LogP contribution in [0.2, 0.25) is 0 Å². The van der Waals surface area contributed by atoms with Crippen LogP contribution >= 0.6 is 15.9 Å². The van der Waals surface area contributed by atoms with Gasteiger partial charge in [0, 0.05) is 30.7 Å². The summed E-state index contributed by atoms with van der Waals surface area (Å²) in [4.78, 5) is 11.3. The second kappa shape index (κ2) is 7.45. The number of hydrogen-bond donors (Lipinski definition) is 1. The van der Waals surface area contributed by atoms with Crippen molar-refractivity contribution < 1.29 is 4.79 Å². The maximum Gasteiger partial charge on any atom is 0.220 e. The van der Waals surface area contributed by atoms with Crippen LogP contribution in [0.4, 0.5) is 0 Å². The number of nitrogens with zero attached hydrogens (tertiary/aromatic N) is 2. The number of nitrogens with one attached hydrogen (secondary N) is 1. The SMILES string of the molecule is O=C(CCCCBr)NCCn1cccn1. The highest BCUT2D eigenvalue weighted by molar-refractivity contribution is 9.09. The summed E-state index contributed by atoms with van der Waals surface area (Å²) in [6.07, 6.45) is 6.23. The standard InChI is InChI=1S/C10H16BrN3O/c11-5-2-1-4-10(15)12-7-9-14-8-3-6-13-14/h3,6,8H,1-2,4-5,7,9H2,(H,12,15). The molecule has 0 radical (unpaired) electrons. The van der Waals surface area contributed by atoms with Gasteiger partial charge in [-0.25, -0.2) is 0 Å². The van der Waals surface area contributed by atoms with Crippen LogP contribution in [-0.2, 0) is 11.3 Å². The fraction of sp³-hybridized carbons (Fsp3) is 0.600. The van der Waals surface area contributed by atoms with Gasteiger partial charge in [0.2, 0.25) is 5.91 Å². The van der Waals surface area contributed by atoms with Gasteiger partial charge in [-0.2, -0.15) is 5.10 Å². The molecule has 1 N–H and O–H groups in total. The number of hydrogen-bond acceptors (Lipinski definition) is 2. The van der Waals surface area contributed by atoms with Crippen molar-refractivity contribution in [3.8, 4) is 0 Å². The lowest BCUT2D eigenvalue weighted by Gasteiger charge is -2.04. The van der Waals surface area contributed by atoms with Crippen LogP contribution in [0.25, 0.3) is 0 Å². The van der Waals surface area contributed by atoms with Gasteiger partial charge in [0.25, 0.3) is 0 Å². The van der Waals surface area contributed by atoms with Crippen molar-refractivity contribution in [3.05, 3.63) is 18.5 Å². The van der Waals surface area contributed by atoms with Crippen molar-refractivity contribution in [1.29, 1.82) is 0 Å². The van der Waals surface area contributed by atoms with E-state index in [0.29, 0.717) is 13.0 Å². The molecule has 0 aliphatic carbocycles. The Bertz CT molecular complexity index is 274. The molecule has 1 aromatic rings. The molecule has 0 saturated heterocycles. The predicted molar refractivity (Wildman–Crippen MR) is 62.9 cm³/mol. The molecular weight excluding hydrogens is 258 g/mol. The molecule has 1 rings (SSSR count). The van der Waals surface area contributed by atoms with Crippen molar-refractivity contribution in [2.45, 2.75) is 25.8 Å². The Hall–Kier alpha value is -0.840. The van der Waals surface area contributed by atoms with Crippen molar-refractivity contribution in [1.82, 2.24) is 15.1 Å². The lowest BCUT2D eigenvalue weighted by atomic mass is 10.2. The number of unbranched alkanes of at least 4 members (excludes halogenated alkanes) is 1. The van der Waals surface area contributed by atoms with Gasteiger partial charge >= 0.3 is 0 Å². The maximum absolute atomic E-state index is 11.3. The third-order valence-corrected chi connectivity index (χ3v) is 2.57. The molecule has 1 heterocycles. The summed E-state index contributed by atoms with van der Waals surface area (Å²) >= 11 is 3.33. The molecule has 0 atom stereocenters. The molecule has 0 fully saturated rings. The van der Waals surface area contributed by atoms with E-state index in [-0.39, 0.29) is 5.91 Å². The molecule has 84 valence electrons. The van der Waals surface area contributed by atoms with Gasteiger partial charge in [-0.1, -0.05) is 15.9 Å². The van der Waals surface area contributed by atoms with Crippen molar-refractivity contribution in [3.63, 3.8) is 0 Å². The fourth-order valence-electron chi connectivity index (χ4n) is 1.21. The molecule has 1 amide bonds. The summed E-state index contributed by atoms with van der Waals surface area (Å²) < 4.78 is 1.80. The third kappa shape index (κ3) is 5.57. The molecular formula is C10H16BrN3O. The quantitative estimate of drug-likeness (QED) is 0.606. The smallest absolute Gasteiger partial charge is 0.220 e. The Labute approximate surface area is 98.2 Å². The normalized spacial score (nSPS) is 10.2. The maximum atomic E-state index is 11.3. The first-order valence-electron chi connectivity index (χ1n) is 5.13. The van der Waals surface area contributed by atoms with Gasteiger partial charge in [0.05, 0.1) is 6.54 Å². The van der Waals surface area contributed by atoms with Crippen LogP contribution in [-0.4, -0.2) is 27.6 Å². The van der Waals surface area contributed by atoms with Crippen LogP contribution in [0.15, 0.2) is 18.5 Å². The Morgan fingerprint density at radius 1 is 1.47 bits per heavy atom. The van der Waals surface area contributed by atoms with Crippen molar-refractivity contribution in [2.75, 3.05) is 11.9 Å². The van der Waals surface area contributed by atoms with Gasteiger partial charge in [-0.3, -0.25) is 9.48 Å². The summed E-state index contributed by atoms with van der Waals surface area (Å²) in [5.74, 6) is 0.128. The molecule has 0 bridgehead atoms. The van der Waals surface area contributed by atoms with Gasteiger partial charge < -0.3 is 5.32 Å². The summed E-state index contributed by atoms with van der Waals surface area (Å²) in [6.45, 7) is 1.38. The monoisotopic (exact) mass is 273 g/mol. The first-order chi connectivity index (χ1) is 7.33. The number of carbonyl (C=O) groups excluding carboxylic acids is 1. The lowest BCUT2D eigenvalue weighted by molar-refractivity contribution is -0.121. The average molecular weight is 274 g/mol. The van der Waals surface area contributed by atoms with E-state index in [1.54, 1.807) is 10.9 Å². The number of rotatable bonds is 7. The predicted octanol–water partition coefficient (Wildman–Crippen LogP) is 1.56. The van der Waals surface area contributed by atoms with E-state index in [9.17, 15) is 4.79 Å². The summed E-state index contributed by atoms with van der Waals surface area (Å²) in [6, 6.07) is 1.87. The number of aromatic nitrogens is 2. The molecule has 0 saturated carbocycles. The molecule has 1 aromatic heterocycles. The lowest BCUT2D eigenvalue weighted by Crippen LogP contribution is -2.27. The fourth-order valence-corrected chi connectivity index (χ4v) is 1.61. The molecule has 15 heavy (non-hydrogen) atoms. The van der Waals surface area contributed by atoms with Gasteiger partial charge in [-0.15, -0.1) is 0 Å². The Morgan fingerprint density at radius 2 is 2.33 bits per heavy atom. The van der Waals surface area contributed by atoms with E-state index < -0.39 is 0 Å². The minimum atomic E-state index is 0.128. The largest absolute Gasteiger partial charge is 0.354 e. The van der Waals surface area contributed by atoms with E-state index in [1.165, 1.54) is 0 Å². The molecule has 0 aromatic carbocycles. The zero-order valence-corrected chi connectivity index (χ0v) is 10.2. The molecule has 5 heteroatoms. The van der Waals surface area contributed by atoms with Gasteiger partial charge in [-0.05, 0) is 18.9 Å². The van der Waals surface area contributed by atoms with Gasteiger partial charge in [0.1, 0.15) is 0 Å². The first-order valence-corrected chi connectivity index (χ1v) is 6.25. The Morgan fingerprint density at radius 3 is 3.00 bits per heavy atom. The summed E-state index contributed by atoms with van der Waals surface area (Å²) in [7, 11) is 0. The first kappa shape index (κ1) is 12.2. The van der Waals surface area contributed by atoms with Crippen molar-refractivity contribution in [2.24, 2.45) is 0 Å². The topological polar surface area (TPSA) is 46.9 Å². The number of amides is 1. The number of alkyl halides is 1. The highest BCUT2D eigenvalue weighted by Gasteiger charge is 1.99. The summed E-state index contributed by atoms with van der Waals surface area (Å²) in [5, 5.41) is 7.88. The molecule has 0 aliphatic rings. The van der Waals surface area contributed by atoms with E-state index in [4.69, 9.17) is 0 Å². The van der Waals surface area contributed by atoms with Crippen LogP contribution in [0.5, 0.6) is 0 Å². The number of carbonyl (C=O) groups is 1. The van der Waals surface area contributed by atoms with E-state index in [0.717, 1.165) is 24.7 Å². The minimum absolute atomic E-state index is 0.128. The highest BCUT2D eigenvalue weighted by atomic mass is 79.9. The molecule has 0 aliphatic heterocycles. The van der Waals surface area contributed by atoms with Crippen LogP contribution in [0.1, 0.15) is 19.3 Å². The Kier molecular flexibility index (Phi) is 6.08. The summed E-state index contributed by atoms with van der Waals surface area (Å²) in [5.41, 5.74) is 0. The van der Waals surface area contributed by atoms with E-state index in [2.05, 4.69) is 26.3 Å². The zero-order valence-electron chi connectivity index (χ0n) is 8.66. The molecule has 0 unspecified atom stereocenters. The second-order valence-electron chi connectivity index (χ2n) is 3.27. The van der Waals surface area contributed by atoms with Gasteiger partial charge in [0.15, 0.2) is 0 Å². The minimum Gasteiger partial charge on any atom is -0.354 e. The van der Waals surface area contributed by atoms with Crippen LogP contribution in [0, 0.1) is 0 Å². The molecule has 0 spiro atoms. The highest BCUT2D eigenvalue weighted by Crippen LogP contribution is 1.97. The van der Waals surface area contributed by atoms with Crippen LogP contribution < -0.4 is 5.32 Å². The second-order valence-corrected chi connectivity index (χ2v) is 4.06. The number of halogens is 1. The average Bonchev–Trinajstić information content (AvgIpc) is 2.71. The van der Waals surface area contributed by atoms with Crippen LogP contribution in [0.3, 0.4) is 0 Å². The Balaban J connectivity index is 2.02. The van der Waals surface area contributed by atoms with E-state index >= 15 is 0 Å². The molecule has 4 nitrogen and oxygen atoms in total. The van der Waals surface area contributed by atoms with Crippen molar-refractivity contribution >= 4 is 21.8 Å². The van der Waals surface area contributed by atoms with E-state index in [1.807, 2.05) is 12.3 Å². The third-order valence-electron chi connectivity index (χ3n) is 2.01.